The van der Waals surface area contributed by atoms with Crippen molar-refractivity contribution in [1.82, 2.24) is 0 Å². The van der Waals surface area contributed by atoms with E-state index in [0.717, 1.165) is 5.92 Å². The Kier molecular flexibility index (Phi) is 21.1. The molecule has 0 saturated carbocycles. The largest absolute Gasteiger partial charge is 0.319 e. The first-order valence-electron chi connectivity index (χ1n) is 13.9. The molecule has 0 saturated heterocycles. The van der Waals surface area contributed by atoms with Gasteiger partial charge in [0.25, 0.3) is 0 Å². The molecule has 1 atom stereocenters. The van der Waals surface area contributed by atoms with Gasteiger partial charge < -0.3 is 4.48 Å². The third-order valence-corrected chi connectivity index (χ3v) is 7.85. The highest BCUT2D eigenvalue weighted by Crippen LogP contribution is 2.46. The van der Waals surface area contributed by atoms with Crippen LogP contribution in [0.3, 0.4) is 0 Å². The maximum Gasteiger partial charge on any atom is 0.102 e. The zero-order valence-electron chi connectivity index (χ0n) is 22.0. The molecule has 30 heavy (non-hydrogen) atoms. The molecule has 0 aromatic heterocycles. The fourth-order valence-corrected chi connectivity index (χ4v) is 6.05. The van der Waals surface area contributed by atoms with Gasteiger partial charge in [-0.15, -0.1) is 0 Å². The van der Waals surface area contributed by atoms with Crippen molar-refractivity contribution in [1.29, 1.82) is 0 Å². The summed E-state index contributed by atoms with van der Waals surface area (Å²) < 4.78 is 1.46. The molecule has 1 unspecified atom stereocenters. The highest BCUT2D eigenvalue weighted by molar-refractivity contribution is 5.75. The van der Waals surface area contributed by atoms with Gasteiger partial charge in [0.1, 0.15) is 5.54 Å². The number of quaternary nitrogens is 1. The van der Waals surface area contributed by atoms with E-state index in [1.54, 1.807) is 0 Å². The van der Waals surface area contributed by atoms with E-state index in [1.165, 1.54) is 127 Å². The van der Waals surface area contributed by atoms with E-state index in [-0.39, 0.29) is 8.41 Å². The van der Waals surface area contributed by atoms with Gasteiger partial charge in [0.15, 0.2) is 0 Å². The molecule has 0 aliphatic carbocycles. The number of rotatable bonds is 21. The lowest BCUT2D eigenvalue weighted by Crippen LogP contribution is -2.68. The first-order chi connectivity index (χ1) is 14.1. The van der Waals surface area contributed by atoms with E-state index in [9.17, 15) is 0 Å². The molecule has 0 N–H and O–H groups in total. The standard InChI is InChI=1S/C28H60N.BH4/c1-8-15-21-27(14-7)28(22-16-9-2,23-17-10-3)29(24-18-11-4,25-19-12-5)26-20-13-6;/h27H,8-26H2,1-7H3;1H4/q+1;-1. The summed E-state index contributed by atoms with van der Waals surface area (Å²) in [6.45, 7) is 21.3. The molecule has 184 valence electrons. The Labute approximate surface area is 195 Å². The second kappa shape index (κ2) is 19.7. The molecule has 0 radical (unpaired) electrons. The summed E-state index contributed by atoms with van der Waals surface area (Å²) in [5, 5.41) is 0. The summed E-state index contributed by atoms with van der Waals surface area (Å²) in [7, 11) is 0. The zero-order chi connectivity index (χ0) is 22.0. The summed E-state index contributed by atoms with van der Waals surface area (Å²) in [5.74, 6) is 0.908. The van der Waals surface area contributed by atoms with E-state index in [1.807, 2.05) is 0 Å². The molecule has 0 rings (SSSR count). The normalized spacial score (nSPS) is 13.3. The Hall–Kier alpha value is 0.0249. The van der Waals surface area contributed by atoms with Crippen LogP contribution in [0.1, 0.15) is 151 Å². The van der Waals surface area contributed by atoms with Gasteiger partial charge >= 0.3 is 0 Å². The summed E-state index contributed by atoms with van der Waals surface area (Å²) in [6.07, 6.45) is 22.4. The smallest absolute Gasteiger partial charge is 0.102 e. The maximum absolute atomic E-state index is 2.51. The van der Waals surface area contributed by atoms with Crippen molar-refractivity contribution in [2.24, 2.45) is 5.92 Å². The van der Waals surface area contributed by atoms with Crippen LogP contribution in [0, 0.1) is 5.92 Å². The molecule has 0 aliphatic rings. The molecule has 0 spiro atoms. The Balaban J connectivity index is 0. The average molecular weight is 426 g/mol. The van der Waals surface area contributed by atoms with Gasteiger partial charge in [-0.05, 0) is 44.9 Å². The van der Waals surface area contributed by atoms with Gasteiger partial charge in [-0.2, -0.15) is 0 Å². The molecule has 0 aromatic rings. The molecule has 0 heterocycles. The highest BCUT2D eigenvalue weighted by Gasteiger charge is 2.52. The van der Waals surface area contributed by atoms with Crippen molar-refractivity contribution in [2.75, 3.05) is 19.6 Å². The Bertz CT molecular complexity index is 325. The van der Waals surface area contributed by atoms with Crippen LogP contribution in [0.2, 0.25) is 0 Å². The predicted octanol–water partition coefficient (Wildman–Crippen LogP) is 8.09. The minimum atomic E-state index is 0. The molecule has 0 aromatic carbocycles. The van der Waals surface area contributed by atoms with E-state index in [2.05, 4.69) is 48.5 Å². The first kappa shape index (κ1) is 32.2. The summed E-state index contributed by atoms with van der Waals surface area (Å²) in [6, 6.07) is 0. The molecule has 0 amide bonds. The second-order valence-corrected chi connectivity index (χ2v) is 9.93. The van der Waals surface area contributed by atoms with E-state index in [0.29, 0.717) is 5.54 Å². The van der Waals surface area contributed by atoms with E-state index < -0.39 is 0 Å². The van der Waals surface area contributed by atoms with Crippen molar-refractivity contribution in [3.63, 3.8) is 0 Å². The van der Waals surface area contributed by atoms with Crippen LogP contribution in [0.15, 0.2) is 0 Å². The number of unbranched alkanes of at least 4 members (excludes halogenated alkanes) is 6. The predicted molar refractivity (Wildman–Crippen MR) is 146 cm³/mol. The van der Waals surface area contributed by atoms with Crippen molar-refractivity contribution in [3.05, 3.63) is 0 Å². The molecule has 2 heteroatoms. The summed E-state index contributed by atoms with van der Waals surface area (Å²) >= 11 is 0. The van der Waals surface area contributed by atoms with Crippen molar-refractivity contribution >= 4 is 8.41 Å². The van der Waals surface area contributed by atoms with Crippen molar-refractivity contribution in [3.8, 4) is 0 Å². The Morgan fingerprint density at radius 2 is 0.900 bits per heavy atom. The second-order valence-electron chi connectivity index (χ2n) is 9.93. The third kappa shape index (κ3) is 9.66. The topological polar surface area (TPSA) is 0 Å². The molecule has 1 nitrogen and oxygen atoms in total. The SMILES string of the molecule is CCCCC(CC)C(CCCC)(CCCC)[N+](CCCC)(CCCC)CCCC.[BH4-]. The quantitative estimate of drug-likeness (QED) is 0.129. The molecular weight excluding hydrogens is 361 g/mol. The first-order valence-corrected chi connectivity index (χ1v) is 13.9. The van der Waals surface area contributed by atoms with Crippen LogP contribution in [0.5, 0.6) is 0 Å². The molecular formula is C28H64BN. The van der Waals surface area contributed by atoms with Gasteiger partial charge in [0.05, 0.1) is 19.6 Å². The lowest BCUT2D eigenvalue weighted by Gasteiger charge is -2.58. The lowest BCUT2D eigenvalue weighted by atomic mass is 9.69. The van der Waals surface area contributed by atoms with Gasteiger partial charge in [0, 0.05) is 18.8 Å². The van der Waals surface area contributed by atoms with Crippen molar-refractivity contribution < 1.29 is 4.48 Å². The van der Waals surface area contributed by atoms with Gasteiger partial charge in [0.2, 0.25) is 0 Å². The summed E-state index contributed by atoms with van der Waals surface area (Å²) in [4.78, 5) is 0. The van der Waals surface area contributed by atoms with Gasteiger partial charge in [-0.25, -0.2) is 0 Å². The fourth-order valence-electron chi connectivity index (χ4n) is 6.05. The fraction of sp³-hybridized carbons (Fsp3) is 1.00. The highest BCUT2D eigenvalue weighted by atomic mass is 15.4. The van der Waals surface area contributed by atoms with Crippen LogP contribution in [-0.2, 0) is 0 Å². The van der Waals surface area contributed by atoms with Crippen LogP contribution in [0.25, 0.3) is 0 Å². The minimum Gasteiger partial charge on any atom is -0.319 e. The Morgan fingerprint density at radius 1 is 0.533 bits per heavy atom. The van der Waals surface area contributed by atoms with Crippen LogP contribution >= 0.6 is 0 Å². The maximum atomic E-state index is 2.51. The number of hydrogen-bond acceptors (Lipinski definition) is 0. The minimum absolute atomic E-state index is 0. The molecule has 0 aliphatic heterocycles. The van der Waals surface area contributed by atoms with Gasteiger partial charge in [-0.1, -0.05) is 102 Å². The zero-order valence-corrected chi connectivity index (χ0v) is 22.0. The van der Waals surface area contributed by atoms with Crippen LogP contribution < -0.4 is 0 Å². The third-order valence-electron chi connectivity index (χ3n) is 7.85. The van der Waals surface area contributed by atoms with Crippen LogP contribution in [-0.4, -0.2) is 38.1 Å². The van der Waals surface area contributed by atoms with Crippen LogP contribution in [0.4, 0.5) is 0 Å². The summed E-state index contributed by atoms with van der Waals surface area (Å²) in [5.41, 5.74) is 0.523. The number of hydrogen-bond donors (Lipinski definition) is 0. The lowest BCUT2D eigenvalue weighted by molar-refractivity contribution is -0.982. The van der Waals surface area contributed by atoms with Crippen molar-refractivity contribution in [2.45, 2.75) is 157 Å². The Morgan fingerprint density at radius 3 is 1.20 bits per heavy atom. The van der Waals surface area contributed by atoms with E-state index >= 15 is 0 Å². The van der Waals surface area contributed by atoms with Gasteiger partial charge in [-0.3, -0.25) is 0 Å². The monoisotopic (exact) mass is 426 g/mol. The van der Waals surface area contributed by atoms with E-state index in [4.69, 9.17) is 0 Å². The average Bonchev–Trinajstić information content (AvgIpc) is 2.75. The molecule has 0 fully saturated rings. The number of nitrogens with zero attached hydrogens (tertiary/aromatic N) is 1. The molecule has 0 bridgehead atoms.